The molecule has 2 heterocycles. The van der Waals surface area contributed by atoms with E-state index in [-0.39, 0.29) is 12.1 Å². The van der Waals surface area contributed by atoms with Crippen molar-refractivity contribution in [2.75, 3.05) is 13.2 Å². The molecule has 1 saturated heterocycles. The van der Waals surface area contributed by atoms with Gasteiger partial charge in [-0.05, 0) is 12.5 Å². The molecule has 0 amide bonds. The summed E-state index contributed by atoms with van der Waals surface area (Å²) in [4.78, 5) is 0. The molecule has 1 aliphatic carbocycles. The molecule has 1 saturated carbocycles. The Morgan fingerprint density at radius 2 is 2.05 bits per heavy atom. The molecular weight excluding hydrogens is 254 g/mol. The van der Waals surface area contributed by atoms with Gasteiger partial charge >= 0.3 is 0 Å². The highest BCUT2D eigenvalue weighted by Crippen LogP contribution is 2.41. The second-order valence-electron chi connectivity index (χ2n) is 5.73. The molecular formula is C15H19N3O2. The Morgan fingerprint density at radius 1 is 1.25 bits per heavy atom. The number of hydrogen-bond acceptors (Lipinski definition) is 4. The van der Waals surface area contributed by atoms with Crippen LogP contribution in [0.15, 0.2) is 30.5 Å². The van der Waals surface area contributed by atoms with Gasteiger partial charge in [0.2, 0.25) is 0 Å². The van der Waals surface area contributed by atoms with Gasteiger partial charge in [-0.3, -0.25) is 4.68 Å². The molecule has 0 bridgehead atoms. The highest BCUT2D eigenvalue weighted by atomic mass is 16.7. The molecule has 1 aromatic heterocycles. The van der Waals surface area contributed by atoms with Gasteiger partial charge in [-0.25, -0.2) is 0 Å². The fourth-order valence-corrected chi connectivity index (χ4v) is 3.43. The van der Waals surface area contributed by atoms with Crippen LogP contribution < -0.4 is 5.73 Å². The zero-order valence-corrected chi connectivity index (χ0v) is 11.4. The molecule has 0 radical (unpaired) electrons. The molecule has 5 nitrogen and oxygen atoms in total. The lowest BCUT2D eigenvalue weighted by Gasteiger charge is -2.39. The first kappa shape index (κ1) is 12.3. The molecule has 4 rings (SSSR count). The minimum Gasteiger partial charge on any atom is -0.347 e. The number of fused-ring (bicyclic) bond motifs is 1. The summed E-state index contributed by atoms with van der Waals surface area (Å²) in [5.74, 6) is -0.437. The molecule has 2 fully saturated rings. The van der Waals surface area contributed by atoms with Crippen LogP contribution in [0.2, 0.25) is 0 Å². The number of ether oxygens (including phenoxy) is 2. The minimum atomic E-state index is -0.437. The standard InChI is InChI=1S/C15H19N3O2/c16-12-5-6-15(19-7-8-20-15)9-14(12)18-13-4-2-1-3-11(13)10-17-18/h1-4,10,12,14H,5-9,16H2. The third-order valence-electron chi connectivity index (χ3n) is 4.51. The van der Waals surface area contributed by atoms with Gasteiger partial charge in [0, 0.05) is 24.3 Å². The number of nitrogens with two attached hydrogens (primary N) is 1. The van der Waals surface area contributed by atoms with Gasteiger partial charge in [-0.1, -0.05) is 18.2 Å². The Kier molecular flexibility index (Phi) is 2.80. The van der Waals surface area contributed by atoms with Crippen molar-refractivity contribution < 1.29 is 9.47 Å². The van der Waals surface area contributed by atoms with E-state index in [1.54, 1.807) is 0 Å². The van der Waals surface area contributed by atoms with E-state index in [4.69, 9.17) is 15.2 Å². The lowest BCUT2D eigenvalue weighted by atomic mass is 9.86. The Morgan fingerprint density at radius 3 is 2.90 bits per heavy atom. The highest BCUT2D eigenvalue weighted by molar-refractivity contribution is 5.78. The van der Waals surface area contributed by atoms with Crippen LogP contribution in [0.25, 0.3) is 10.9 Å². The molecule has 20 heavy (non-hydrogen) atoms. The summed E-state index contributed by atoms with van der Waals surface area (Å²) in [6, 6.07) is 8.45. The predicted molar refractivity (Wildman–Crippen MR) is 75.2 cm³/mol. The summed E-state index contributed by atoms with van der Waals surface area (Å²) in [6.07, 6.45) is 4.46. The second-order valence-corrected chi connectivity index (χ2v) is 5.73. The third kappa shape index (κ3) is 1.85. The normalized spacial score (nSPS) is 29.2. The van der Waals surface area contributed by atoms with Crippen molar-refractivity contribution in [2.45, 2.75) is 37.1 Å². The maximum absolute atomic E-state index is 6.34. The van der Waals surface area contributed by atoms with Crippen molar-refractivity contribution in [2.24, 2.45) is 5.73 Å². The maximum atomic E-state index is 6.34. The Hall–Kier alpha value is -1.43. The molecule has 2 unspecified atom stereocenters. The predicted octanol–water partition coefficient (Wildman–Crippen LogP) is 1.83. The average molecular weight is 273 g/mol. The summed E-state index contributed by atoms with van der Waals surface area (Å²) in [5, 5.41) is 5.70. The third-order valence-corrected chi connectivity index (χ3v) is 4.51. The van der Waals surface area contributed by atoms with Crippen molar-refractivity contribution in [1.29, 1.82) is 0 Å². The first-order valence-corrected chi connectivity index (χ1v) is 7.23. The fraction of sp³-hybridized carbons (Fsp3) is 0.533. The summed E-state index contributed by atoms with van der Waals surface area (Å²) in [6.45, 7) is 1.36. The number of nitrogens with zero attached hydrogens (tertiary/aromatic N) is 2. The van der Waals surface area contributed by atoms with E-state index in [9.17, 15) is 0 Å². The van der Waals surface area contributed by atoms with Crippen molar-refractivity contribution in [1.82, 2.24) is 9.78 Å². The van der Waals surface area contributed by atoms with Crippen LogP contribution >= 0.6 is 0 Å². The van der Waals surface area contributed by atoms with Crippen LogP contribution in [0.3, 0.4) is 0 Å². The molecule has 5 heteroatoms. The van der Waals surface area contributed by atoms with Gasteiger partial charge in [0.25, 0.3) is 0 Å². The summed E-state index contributed by atoms with van der Waals surface area (Å²) < 4.78 is 13.7. The van der Waals surface area contributed by atoms with Crippen molar-refractivity contribution >= 4 is 10.9 Å². The molecule has 2 aromatic rings. The maximum Gasteiger partial charge on any atom is 0.170 e. The van der Waals surface area contributed by atoms with Crippen molar-refractivity contribution in [3.8, 4) is 0 Å². The largest absolute Gasteiger partial charge is 0.347 e. The van der Waals surface area contributed by atoms with Gasteiger partial charge in [0.1, 0.15) is 0 Å². The quantitative estimate of drug-likeness (QED) is 0.861. The Labute approximate surface area is 117 Å². The van der Waals surface area contributed by atoms with Crippen LogP contribution in [0.1, 0.15) is 25.3 Å². The monoisotopic (exact) mass is 273 g/mol. The van der Waals surface area contributed by atoms with Gasteiger partial charge in [-0.2, -0.15) is 5.10 Å². The summed E-state index contributed by atoms with van der Waals surface area (Å²) in [5.41, 5.74) is 7.47. The smallest absolute Gasteiger partial charge is 0.170 e. The van der Waals surface area contributed by atoms with E-state index in [2.05, 4.69) is 17.2 Å². The second kappa shape index (κ2) is 4.55. The average Bonchev–Trinajstić information content (AvgIpc) is 3.09. The summed E-state index contributed by atoms with van der Waals surface area (Å²) >= 11 is 0. The first-order valence-electron chi connectivity index (χ1n) is 7.23. The molecule has 1 aromatic carbocycles. The SMILES string of the molecule is NC1CCC2(CC1n1ncc3ccccc31)OCCO2. The number of rotatable bonds is 1. The molecule has 106 valence electrons. The highest BCUT2D eigenvalue weighted by Gasteiger charge is 2.45. The topological polar surface area (TPSA) is 62.3 Å². The van der Waals surface area contributed by atoms with Crippen LogP contribution in [-0.2, 0) is 9.47 Å². The summed E-state index contributed by atoms with van der Waals surface area (Å²) in [7, 11) is 0. The lowest BCUT2D eigenvalue weighted by molar-refractivity contribution is -0.187. The van der Waals surface area contributed by atoms with Gasteiger partial charge < -0.3 is 15.2 Å². The van der Waals surface area contributed by atoms with Crippen LogP contribution in [-0.4, -0.2) is 34.8 Å². The zero-order chi connectivity index (χ0) is 13.6. The molecule has 2 atom stereocenters. The number of benzene rings is 1. The van der Waals surface area contributed by atoms with E-state index in [1.807, 2.05) is 23.0 Å². The Bertz CT molecular complexity index is 618. The van der Waals surface area contributed by atoms with Gasteiger partial charge in [0.15, 0.2) is 5.79 Å². The fourth-order valence-electron chi connectivity index (χ4n) is 3.43. The molecule has 1 spiro atoms. The van der Waals surface area contributed by atoms with E-state index in [0.29, 0.717) is 13.2 Å². The first-order chi connectivity index (χ1) is 9.77. The van der Waals surface area contributed by atoms with E-state index < -0.39 is 5.79 Å². The number of para-hydroxylation sites is 1. The van der Waals surface area contributed by atoms with Crippen LogP contribution in [0.4, 0.5) is 0 Å². The number of hydrogen-bond donors (Lipinski definition) is 1. The molecule has 2 N–H and O–H groups in total. The lowest BCUT2D eigenvalue weighted by Crippen LogP contribution is -2.46. The minimum absolute atomic E-state index is 0.0942. The number of aromatic nitrogens is 2. The van der Waals surface area contributed by atoms with Gasteiger partial charge in [-0.15, -0.1) is 0 Å². The molecule has 2 aliphatic rings. The van der Waals surface area contributed by atoms with Crippen LogP contribution in [0.5, 0.6) is 0 Å². The van der Waals surface area contributed by atoms with E-state index in [0.717, 1.165) is 30.2 Å². The van der Waals surface area contributed by atoms with E-state index >= 15 is 0 Å². The molecule has 1 aliphatic heterocycles. The van der Waals surface area contributed by atoms with Gasteiger partial charge in [0.05, 0.1) is 31.0 Å². The Balaban J connectivity index is 1.72. The zero-order valence-electron chi connectivity index (χ0n) is 11.4. The van der Waals surface area contributed by atoms with Crippen LogP contribution in [0, 0.1) is 0 Å². The van der Waals surface area contributed by atoms with Crippen molar-refractivity contribution in [3.05, 3.63) is 30.5 Å². The van der Waals surface area contributed by atoms with Crippen molar-refractivity contribution in [3.63, 3.8) is 0 Å². The van der Waals surface area contributed by atoms with E-state index in [1.165, 1.54) is 0 Å².